The maximum atomic E-state index is 8.71. The molecule has 2 aromatic heterocycles. The fourth-order valence-electron chi connectivity index (χ4n) is 1.88. The van der Waals surface area contributed by atoms with E-state index in [4.69, 9.17) is 10.0 Å². The Labute approximate surface area is 100 Å². The Morgan fingerprint density at radius 1 is 1.24 bits per heavy atom. The van der Waals surface area contributed by atoms with Crippen LogP contribution in [0.2, 0.25) is 6.32 Å². The Balaban J connectivity index is 1.83. The van der Waals surface area contributed by atoms with Gasteiger partial charge in [-0.15, -0.1) is 0 Å². The lowest BCUT2D eigenvalue weighted by Crippen LogP contribution is -2.09. The molecule has 0 unspecified atom stereocenters. The van der Waals surface area contributed by atoms with Gasteiger partial charge in [0, 0.05) is 12.7 Å². The number of fused-ring (bicyclic) bond motifs is 1. The molecule has 5 nitrogen and oxygen atoms in total. The predicted octanol–water partition coefficient (Wildman–Crippen LogP) is 1.07. The van der Waals surface area contributed by atoms with E-state index < -0.39 is 7.12 Å². The molecule has 0 fully saturated rings. The summed E-state index contributed by atoms with van der Waals surface area (Å²) in [4.78, 5) is 8.29. The lowest BCUT2D eigenvalue weighted by Gasteiger charge is -2.04. The second-order valence-electron chi connectivity index (χ2n) is 4.13. The first-order valence-corrected chi connectivity index (χ1v) is 5.88. The minimum Gasteiger partial charge on any atom is -0.427 e. The molecule has 0 aliphatic heterocycles. The quantitative estimate of drug-likeness (QED) is 0.578. The smallest absolute Gasteiger partial charge is 0.427 e. The van der Waals surface area contributed by atoms with E-state index in [1.54, 1.807) is 12.4 Å². The monoisotopic (exact) mass is 233 g/mol. The number of imidazole rings is 1. The molecule has 0 aliphatic carbocycles. The van der Waals surface area contributed by atoms with Crippen molar-refractivity contribution in [3.63, 3.8) is 0 Å². The van der Waals surface area contributed by atoms with Crippen molar-refractivity contribution < 1.29 is 10.0 Å². The van der Waals surface area contributed by atoms with Gasteiger partial charge in [0.15, 0.2) is 0 Å². The van der Waals surface area contributed by atoms with Crippen LogP contribution in [-0.4, -0.2) is 31.7 Å². The van der Waals surface area contributed by atoms with Gasteiger partial charge in [-0.25, -0.2) is 4.98 Å². The van der Waals surface area contributed by atoms with Crippen LogP contribution in [0.25, 0.3) is 11.0 Å². The van der Waals surface area contributed by atoms with Crippen molar-refractivity contribution in [2.45, 2.75) is 32.1 Å². The number of hydrogen-bond acceptors (Lipinski definition) is 4. The van der Waals surface area contributed by atoms with E-state index in [1.807, 2.05) is 12.4 Å². The minimum absolute atomic E-state index is 0.453. The molecule has 2 N–H and O–H groups in total. The van der Waals surface area contributed by atoms with Crippen molar-refractivity contribution in [3.05, 3.63) is 24.8 Å². The van der Waals surface area contributed by atoms with E-state index in [1.165, 1.54) is 0 Å². The number of aromatic nitrogens is 3. The average Bonchev–Trinajstić information content (AvgIpc) is 2.72. The molecule has 2 aromatic rings. The van der Waals surface area contributed by atoms with Crippen molar-refractivity contribution in [2.75, 3.05) is 0 Å². The van der Waals surface area contributed by atoms with Crippen LogP contribution in [0.3, 0.4) is 0 Å². The summed E-state index contributed by atoms with van der Waals surface area (Å²) in [5, 5.41) is 17.4. The molecular formula is C11H16BN3O2. The lowest BCUT2D eigenvalue weighted by molar-refractivity contribution is 0.401. The Bertz CT molecular complexity index is 472. The number of unbranched alkanes of at least 4 members (excludes halogenated alkanes) is 2. The first kappa shape index (κ1) is 12.1. The maximum Gasteiger partial charge on any atom is 0.451 e. The first-order chi connectivity index (χ1) is 8.27. The predicted molar refractivity (Wildman–Crippen MR) is 66.4 cm³/mol. The van der Waals surface area contributed by atoms with Gasteiger partial charge in [-0.1, -0.05) is 12.8 Å². The van der Waals surface area contributed by atoms with E-state index in [0.29, 0.717) is 6.32 Å². The molecule has 2 rings (SSSR count). The Hall–Kier alpha value is -1.40. The van der Waals surface area contributed by atoms with Crippen molar-refractivity contribution in [2.24, 2.45) is 0 Å². The summed E-state index contributed by atoms with van der Waals surface area (Å²) in [7, 11) is -1.17. The molecule has 0 spiro atoms. The van der Waals surface area contributed by atoms with Gasteiger partial charge in [0.25, 0.3) is 0 Å². The van der Waals surface area contributed by atoms with Gasteiger partial charge in [0.2, 0.25) is 0 Å². The Morgan fingerprint density at radius 3 is 2.94 bits per heavy atom. The highest BCUT2D eigenvalue weighted by Crippen LogP contribution is 2.12. The molecular weight excluding hydrogens is 217 g/mol. The highest BCUT2D eigenvalue weighted by Gasteiger charge is 2.05. The van der Waals surface area contributed by atoms with Gasteiger partial charge in [-0.3, -0.25) is 4.98 Å². The molecule has 0 radical (unpaired) electrons. The second kappa shape index (κ2) is 5.79. The maximum absolute atomic E-state index is 8.71. The Morgan fingerprint density at radius 2 is 2.12 bits per heavy atom. The van der Waals surface area contributed by atoms with Gasteiger partial charge < -0.3 is 14.6 Å². The summed E-state index contributed by atoms with van der Waals surface area (Å²) < 4.78 is 2.10. The normalized spacial score (nSPS) is 10.9. The highest BCUT2D eigenvalue weighted by molar-refractivity contribution is 6.40. The molecule has 2 heterocycles. The number of pyridine rings is 1. The standard InChI is InChI=1S/C11H16BN3O2/c16-12(17)5-2-1-3-7-15-9-14-10-8-13-6-4-11(10)15/h4,6,8-9,16-17H,1-3,5,7H2. The van der Waals surface area contributed by atoms with Crippen LogP contribution in [0, 0.1) is 0 Å². The molecule has 6 heteroatoms. The summed E-state index contributed by atoms with van der Waals surface area (Å²) in [6.45, 7) is 0.905. The van der Waals surface area contributed by atoms with E-state index >= 15 is 0 Å². The molecule has 0 aromatic carbocycles. The van der Waals surface area contributed by atoms with Crippen LogP contribution in [0.15, 0.2) is 24.8 Å². The van der Waals surface area contributed by atoms with Gasteiger partial charge in [0.1, 0.15) is 5.52 Å². The third kappa shape index (κ3) is 3.28. The minimum atomic E-state index is -1.17. The summed E-state index contributed by atoms with van der Waals surface area (Å²) in [6.07, 6.45) is 8.65. The molecule has 0 saturated heterocycles. The molecule has 0 aliphatic rings. The highest BCUT2D eigenvalue weighted by atomic mass is 16.4. The van der Waals surface area contributed by atoms with Crippen LogP contribution in [-0.2, 0) is 6.54 Å². The SMILES string of the molecule is OB(O)CCCCCn1cnc2cnccc21. The molecule has 90 valence electrons. The molecule has 0 saturated carbocycles. The average molecular weight is 233 g/mol. The van der Waals surface area contributed by atoms with Crippen LogP contribution in [0.4, 0.5) is 0 Å². The zero-order valence-electron chi connectivity index (χ0n) is 9.66. The van der Waals surface area contributed by atoms with E-state index in [0.717, 1.165) is 36.8 Å². The largest absolute Gasteiger partial charge is 0.451 e. The molecule has 0 atom stereocenters. The summed E-state index contributed by atoms with van der Waals surface area (Å²) in [6, 6.07) is 1.96. The van der Waals surface area contributed by atoms with Crippen LogP contribution < -0.4 is 0 Å². The van der Waals surface area contributed by atoms with Gasteiger partial charge in [-0.05, 0) is 18.8 Å². The molecule has 0 amide bonds. The Kier molecular flexibility index (Phi) is 4.11. The lowest BCUT2D eigenvalue weighted by atomic mass is 9.83. The van der Waals surface area contributed by atoms with Gasteiger partial charge >= 0.3 is 7.12 Å². The summed E-state index contributed by atoms with van der Waals surface area (Å²) in [5.74, 6) is 0. The van der Waals surface area contributed by atoms with E-state index in [2.05, 4.69) is 14.5 Å². The van der Waals surface area contributed by atoms with Crippen molar-refractivity contribution in [1.29, 1.82) is 0 Å². The van der Waals surface area contributed by atoms with Crippen molar-refractivity contribution >= 4 is 18.2 Å². The number of hydrogen-bond donors (Lipinski definition) is 2. The fraction of sp³-hybridized carbons (Fsp3) is 0.455. The fourth-order valence-corrected chi connectivity index (χ4v) is 1.88. The summed E-state index contributed by atoms with van der Waals surface area (Å²) in [5.41, 5.74) is 2.01. The topological polar surface area (TPSA) is 71.2 Å². The van der Waals surface area contributed by atoms with Crippen LogP contribution in [0.5, 0.6) is 0 Å². The van der Waals surface area contributed by atoms with Crippen LogP contribution in [0.1, 0.15) is 19.3 Å². The third-order valence-corrected chi connectivity index (χ3v) is 2.78. The van der Waals surface area contributed by atoms with Crippen molar-refractivity contribution in [3.8, 4) is 0 Å². The first-order valence-electron chi connectivity index (χ1n) is 5.88. The number of rotatable bonds is 6. The van der Waals surface area contributed by atoms with Crippen LogP contribution >= 0.6 is 0 Å². The second-order valence-corrected chi connectivity index (χ2v) is 4.13. The summed E-state index contributed by atoms with van der Waals surface area (Å²) >= 11 is 0. The zero-order valence-corrected chi connectivity index (χ0v) is 9.66. The third-order valence-electron chi connectivity index (χ3n) is 2.78. The van der Waals surface area contributed by atoms with Gasteiger partial charge in [-0.2, -0.15) is 0 Å². The zero-order chi connectivity index (χ0) is 12.1. The molecule has 17 heavy (non-hydrogen) atoms. The number of nitrogens with zero attached hydrogens (tertiary/aromatic N) is 3. The van der Waals surface area contributed by atoms with Crippen molar-refractivity contribution in [1.82, 2.24) is 14.5 Å². The van der Waals surface area contributed by atoms with Gasteiger partial charge in [0.05, 0.1) is 18.0 Å². The molecule has 0 bridgehead atoms. The van der Waals surface area contributed by atoms with E-state index in [9.17, 15) is 0 Å². The number of aryl methyl sites for hydroxylation is 1. The van der Waals surface area contributed by atoms with E-state index in [-0.39, 0.29) is 0 Å².